The van der Waals surface area contributed by atoms with Crippen LogP contribution in [0.4, 0.5) is 4.79 Å². The topological polar surface area (TPSA) is 32.3 Å². The number of nitrogens with zero attached hydrogens (tertiary/aromatic N) is 1. The molecule has 2 amide bonds. The monoisotopic (exact) mass is 210 g/mol. The zero-order valence-corrected chi connectivity index (χ0v) is 9.88. The number of hydrogen-bond donors (Lipinski definition) is 1. The van der Waals surface area contributed by atoms with Crippen LogP contribution in [0.25, 0.3) is 0 Å². The van der Waals surface area contributed by atoms with Crippen molar-refractivity contribution in [3.63, 3.8) is 0 Å². The predicted molar refractivity (Wildman–Crippen MR) is 60.7 cm³/mol. The van der Waals surface area contributed by atoms with Gasteiger partial charge >= 0.3 is 6.03 Å². The van der Waals surface area contributed by atoms with Crippen molar-refractivity contribution in [2.75, 3.05) is 19.6 Å². The number of carbonyl (C=O) groups excluding carboxylic acids is 1. The second-order valence-electron chi connectivity index (χ2n) is 5.37. The average Bonchev–Trinajstić information content (AvgIpc) is 2.80. The Morgan fingerprint density at radius 1 is 1.33 bits per heavy atom. The summed E-state index contributed by atoms with van der Waals surface area (Å²) in [4.78, 5) is 13.7. The van der Waals surface area contributed by atoms with Gasteiger partial charge in [-0.3, -0.25) is 0 Å². The number of rotatable bonds is 3. The molecule has 1 aliphatic heterocycles. The zero-order chi connectivity index (χ0) is 10.9. The van der Waals surface area contributed by atoms with Crippen molar-refractivity contribution in [3.05, 3.63) is 0 Å². The highest BCUT2D eigenvalue weighted by Crippen LogP contribution is 2.51. The first-order valence-electron chi connectivity index (χ1n) is 6.17. The van der Waals surface area contributed by atoms with Crippen molar-refractivity contribution in [2.24, 2.45) is 11.3 Å². The molecule has 86 valence electrons. The van der Waals surface area contributed by atoms with Gasteiger partial charge in [-0.1, -0.05) is 13.8 Å². The standard InChI is InChI=1S/C12H22N2O/c1-10(2)12(5-6-12)9-13-11(15)14-7-3-4-8-14/h10H,3-9H2,1-2H3,(H,13,15). The predicted octanol–water partition coefficient (Wildman–Crippen LogP) is 2.23. The molecule has 2 fully saturated rings. The van der Waals surface area contributed by atoms with Crippen molar-refractivity contribution in [2.45, 2.75) is 39.5 Å². The molecule has 0 spiro atoms. The van der Waals surface area contributed by atoms with E-state index >= 15 is 0 Å². The van der Waals surface area contributed by atoms with Gasteiger partial charge in [-0.05, 0) is 37.0 Å². The third-order valence-corrected chi connectivity index (χ3v) is 4.10. The maximum Gasteiger partial charge on any atom is 0.317 e. The molecule has 1 saturated heterocycles. The molecular formula is C12H22N2O. The van der Waals surface area contributed by atoms with Gasteiger partial charge in [-0.15, -0.1) is 0 Å². The lowest BCUT2D eigenvalue weighted by molar-refractivity contribution is 0.203. The van der Waals surface area contributed by atoms with Crippen molar-refractivity contribution >= 4 is 6.03 Å². The van der Waals surface area contributed by atoms with Gasteiger partial charge in [0, 0.05) is 19.6 Å². The van der Waals surface area contributed by atoms with Gasteiger partial charge in [0.1, 0.15) is 0 Å². The number of nitrogens with one attached hydrogen (secondary N) is 1. The Kier molecular flexibility index (Phi) is 2.89. The molecule has 0 aromatic carbocycles. The van der Waals surface area contributed by atoms with Crippen LogP contribution in [-0.2, 0) is 0 Å². The molecule has 15 heavy (non-hydrogen) atoms. The number of carbonyl (C=O) groups is 1. The SMILES string of the molecule is CC(C)C1(CNC(=O)N2CCCC2)CC1. The van der Waals surface area contributed by atoms with Gasteiger partial charge in [0.2, 0.25) is 0 Å². The van der Waals surface area contributed by atoms with E-state index in [-0.39, 0.29) is 6.03 Å². The molecule has 0 aromatic heterocycles. The number of urea groups is 1. The van der Waals surface area contributed by atoms with E-state index in [1.807, 2.05) is 4.90 Å². The summed E-state index contributed by atoms with van der Waals surface area (Å²) in [6, 6.07) is 0.152. The third kappa shape index (κ3) is 2.27. The Hall–Kier alpha value is -0.730. The maximum absolute atomic E-state index is 11.8. The van der Waals surface area contributed by atoms with E-state index in [0.717, 1.165) is 19.6 Å². The summed E-state index contributed by atoms with van der Waals surface area (Å²) in [6.45, 7) is 7.28. The molecule has 1 aliphatic carbocycles. The molecule has 3 nitrogen and oxygen atoms in total. The molecule has 2 aliphatic rings. The van der Waals surface area contributed by atoms with Gasteiger partial charge in [-0.25, -0.2) is 4.79 Å². The molecule has 0 bridgehead atoms. The van der Waals surface area contributed by atoms with E-state index in [9.17, 15) is 4.79 Å². The Labute approximate surface area is 92.2 Å². The minimum Gasteiger partial charge on any atom is -0.337 e. The normalized spacial score (nSPS) is 23.3. The lowest BCUT2D eigenvalue weighted by Gasteiger charge is -2.22. The van der Waals surface area contributed by atoms with Crippen LogP contribution in [0.1, 0.15) is 39.5 Å². The minimum atomic E-state index is 0.152. The Morgan fingerprint density at radius 2 is 1.93 bits per heavy atom. The molecule has 2 rings (SSSR count). The lowest BCUT2D eigenvalue weighted by atomic mass is 9.92. The lowest BCUT2D eigenvalue weighted by Crippen LogP contribution is -2.41. The highest BCUT2D eigenvalue weighted by molar-refractivity contribution is 5.74. The molecule has 0 radical (unpaired) electrons. The fraction of sp³-hybridized carbons (Fsp3) is 0.917. The number of likely N-dealkylation sites (tertiary alicyclic amines) is 1. The molecule has 1 heterocycles. The van der Waals surface area contributed by atoms with Crippen molar-refractivity contribution < 1.29 is 4.79 Å². The van der Waals surface area contributed by atoms with Crippen LogP contribution in [0, 0.1) is 11.3 Å². The van der Waals surface area contributed by atoms with Gasteiger partial charge in [0.05, 0.1) is 0 Å². The highest BCUT2D eigenvalue weighted by atomic mass is 16.2. The Bertz CT molecular complexity index is 240. The largest absolute Gasteiger partial charge is 0.337 e. The fourth-order valence-corrected chi connectivity index (χ4v) is 2.40. The first-order chi connectivity index (χ1) is 7.14. The van der Waals surface area contributed by atoms with Crippen molar-refractivity contribution in [1.82, 2.24) is 10.2 Å². The molecular weight excluding hydrogens is 188 g/mol. The molecule has 0 aromatic rings. The van der Waals surface area contributed by atoms with Crippen LogP contribution >= 0.6 is 0 Å². The minimum absolute atomic E-state index is 0.152. The van der Waals surface area contributed by atoms with E-state index < -0.39 is 0 Å². The number of amides is 2. The maximum atomic E-state index is 11.8. The molecule has 1 N–H and O–H groups in total. The van der Waals surface area contributed by atoms with Crippen LogP contribution in [0.3, 0.4) is 0 Å². The summed E-state index contributed by atoms with van der Waals surface area (Å²) in [5.74, 6) is 0.691. The fourth-order valence-electron chi connectivity index (χ4n) is 2.40. The summed E-state index contributed by atoms with van der Waals surface area (Å²) in [7, 11) is 0. The smallest absolute Gasteiger partial charge is 0.317 e. The van der Waals surface area contributed by atoms with E-state index in [4.69, 9.17) is 0 Å². The zero-order valence-electron chi connectivity index (χ0n) is 9.88. The molecule has 1 saturated carbocycles. The summed E-state index contributed by atoms with van der Waals surface area (Å²) in [5.41, 5.74) is 0.426. The summed E-state index contributed by atoms with van der Waals surface area (Å²) >= 11 is 0. The van der Waals surface area contributed by atoms with Crippen LogP contribution in [0.15, 0.2) is 0 Å². The summed E-state index contributed by atoms with van der Waals surface area (Å²) in [6.07, 6.45) is 4.90. The first kappa shape index (κ1) is 10.8. The van der Waals surface area contributed by atoms with Crippen LogP contribution < -0.4 is 5.32 Å². The Balaban J connectivity index is 1.75. The molecule has 0 atom stereocenters. The van der Waals surface area contributed by atoms with E-state index in [1.165, 1.54) is 25.7 Å². The van der Waals surface area contributed by atoms with Gasteiger partial charge in [-0.2, -0.15) is 0 Å². The quantitative estimate of drug-likeness (QED) is 0.761. The second kappa shape index (κ2) is 4.03. The van der Waals surface area contributed by atoms with E-state index in [0.29, 0.717) is 11.3 Å². The summed E-state index contributed by atoms with van der Waals surface area (Å²) in [5, 5.41) is 3.10. The number of hydrogen-bond acceptors (Lipinski definition) is 1. The summed E-state index contributed by atoms with van der Waals surface area (Å²) < 4.78 is 0. The highest BCUT2D eigenvalue weighted by Gasteiger charge is 2.45. The van der Waals surface area contributed by atoms with E-state index in [2.05, 4.69) is 19.2 Å². The molecule has 0 unspecified atom stereocenters. The van der Waals surface area contributed by atoms with Gasteiger partial charge < -0.3 is 10.2 Å². The second-order valence-corrected chi connectivity index (χ2v) is 5.37. The van der Waals surface area contributed by atoms with Crippen LogP contribution in [0.2, 0.25) is 0 Å². The first-order valence-corrected chi connectivity index (χ1v) is 6.17. The van der Waals surface area contributed by atoms with E-state index in [1.54, 1.807) is 0 Å². The van der Waals surface area contributed by atoms with Crippen LogP contribution in [-0.4, -0.2) is 30.6 Å². The molecule has 3 heteroatoms. The Morgan fingerprint density at radius 3 is 2.40 bits per heavy atom. The average molecular weight is 210 g/mol. The van der Waals surface area contributed by atoms with Gasteiger partial charge in [0.25, 0.3) is 0 Å². The van der Waals surface area contributed by atoms with Crippen molar-refractivity contribution in [1.29, 1.82) is 0 Å². The van der Waals surface area contributed by atoms with Crippen LogP contribution in [0.5, 0.6) is 0 Å². The van der Waals surface area contributed by atoms with Crippen molar-refractivity contribution in [3.8, 4) is 0 Å². The third-order valence-electron chi connectivity index (χ3n) is 4.10. The van der Waals surface area contributed by atoms with Gasteiger partial charge in [0.15, 0.2) is 0 Å².